The molecular weight excluding hydrogens is 290 g/mol. The molecule has 0 atom stereocenters. The summed E-state index contributed by atoms with van der Waals surface area (Å²) in [5.74, 6) is 0.885. The molecule has 1 N–H and O–H groups in total. The summed E-state index contributed by atoms with van der Waals surface area (Å²) in [6.45, 7) is 0. The molecule has 0 spiro atoms. The van der Waals surface area contributed by atoms with Crippen LogP contribution >= 0.6 is 11.6 Å². The summed E-state index contributed by atoms with van der Waals surface area (Å²) in [4.78, 5) is 12.0. The van der Waals surface area contributed by atoms with Gasteiger partial charge in [0.25, 0.3) is 0 Å². The van der Waals surface area contributed by atoms with Crippen molar-refractivity contribution in [1.29, 1.82) is 0 Å². The van der Waals surface area contributed by atoms with Gasteiger partial charge in [0.1, 0.15) is 0 Å². The number of rotatable bonds is 5. The lowest BCUT2D eigenvalue weighted by Gasteiger charge is -2.12. The van der Waals surface area contributed by atoms with E-state index >= 15 is 0 Å². The molecule has 0 saturated carbocycles. The number of carbonyl (C=O) groups is 1. The summed E-state index contributed by atoms with van der Waals surface area (Å²) in [7, 11) is 3.06. The molecule has 4 nitrogen and oxygen atoms in total. The second-order valence-corrected chi connectivity index (χ2v) is 4.80. The third-order valence-corrected chi connectivity index (χ3v) is 3.27. The number of carbonyl (C=O) groups excluding carboxylic acids is 1. The monoisotopic (exact) mass is 305 g/mol. The zero-order valence-electron chi connectivity index (χ0n) is 11.9. The molecule has 21 heavy (non-hydrogen) atoms. The number of nitrogens with one attached hydrogen (secondary N) is 1. The second-order valence-electron chi connectivity index (χ2n) is 4.40. The van der Waals surface area contributed by atoms with Gasteiger partial charge in [-0.1, -0.05) is 41.9 Å². The minimum atomic E-state index is -0.143. The van der Waals surface area contributed by atoms with Crippen LogP contribution in [0.5, 0.6) is 11.5 Å². The van der Waals surface area contributed by atoms with Crippen molar-refractivity contribution in [3.05, 3.63) is 53.1 Å². The van der Waals surface area contributed by atoms with Crippen molar-refractivity contribution in [2.45, 2.75) is 6.42 Å². The van der Waals surface area contributed by atoms with E-state index in [1.807, 2.05) is 30.3 Å². The quantitative estimate of drug-likeness (QED) is 0.919. The number of methoxy groups -OCH3 is 2. The molecule has 0 fully saturated rings. The molecular formula is C16H16ClNO3. The average molecular weight is 306 g/mol. The van der Waals surface area contributed by atoms with Crippen LogP contribution in [0.3, 0.4) is 0 Å². The van der Waals surface area contributed by atoms with Crippen LogP contribution in [-0.2, 0) is 11.2 Å². The molecule has 2 aromatic carbocycles. The molecule has 0 radical (unpaired) electrons. The van der Waals surface area contributed by atoms with E-state index in [0.717, 1.165) is 5.56 Å². The lowest BCUT2D eigenvalue weighted by Crippen LogP contribution is -2.14. The Hall–Kier alpha value is -2.20. The van der Waals surface area contributed by atoms with E-state index in [2.05, 4.69) is 5.32 Å². The number of hydrogen-bond acceptors (Lipinski definition) is 3. The highest BCUT2D eigenvalue weighted by Crippen LogP contribution is 2.36. The molecule has 0 bridgehead atoms. The number of ether oxygens (including phenoxy) is 2. The minimum Gasteiger partial charge on any atom is -0.493 e. The Balaban J connectivity index is 2.14. The van der Waals surface area contributed by atoms with Gasteiger partial charge in [-0.15, -0.1) is 0 Å². The summed E-state index contributed by atoms with van der Waals surface area (Å²) in [6, 6.07) is 12.7. The number of amides is 1. The van der Waals surface area contributed by atoms with Crippen molar-refractivity contribution in [3.63, 3.8) is 0 Å². The fraction of sp³-hybridized carbons (Fsp3) is 0.188. The third kappa shape index (κ3) is 3.89. The largest absolute Gasteiger partial charge is 0.493 e. The topological polar surface area (TPSA) is 47.6 Å². The van der Waals surface area contributed by atoms with Crippen molar-refractivity contribution >= 4 is 23.2 Å². The van der Waals surface area contributed by atoms with Crippen LogP contribution in [0, 0.1) is 0 Å². The Morgan fingerprint density at radius 3 is 2.33 bits per heavy atom. The summed E-state index contributed by atoms with van der Waals surface area (Å²) in [5, 5.41) is 3.18. The van der Waals surface area contributed by atoms with Crippen LogP contribution in [0.4, 0.5) is 5.69 Å². The molecule has 0 heterocycles. The number of halogens is 1. The molecule has 0 aromatic heterocycles. The Labute approximate surface area is 128 Å². The van der Waals surface area contributed by atoms with Crippen LogP contribution in [-0.4, -0.2) is 20.1 Å². The molecule has 5 heteroatoms. The highest BCUT2D eigenvalue weighted by atomic mass is 35.5. The Morgan fingerprint density at radius 1 is 1.10 bits per heavy atom. The molecule has 2 aromatic rings. The fourth-order valence-corrected chi connectivity index (χ4v) is 2.13. The van der Waals surface area contributed by atoms with Crippen molar-refractivity contribution in [1.82, 2.24) is 0 Å². The first-order valence-electron chi connectivity index (χ1n) is 6.39. The molecule has 2 rings (SSSR count). The fourth-order valence-electron chi connectivity index (χ4n) is 1.93. The standard InChI is InChI=1S/C16H16ClNO3/c1-20-14-9-12(17)13(10-15(14)21-2)18-16(19)8-11-6-4-3-5-7-11/h3-7,9-10H,8H2,1-2H3,(H,18,19). The number of hydrogen-bond donors (Lipinski definition) is 1. The average Bonchev–Trinajstić information content (AvgIpc) is 2.49. The predicted octanol–water partition coefficient (Wildman–Crippen LogP) is 3.54. The normalized spacial score (nSPS) is 10.0. The van der Waals surface area contributed by atoms with Gasteiger partial charge < -0.3 is 14.8 Å². The summed E-state index contributed by atoms with van der Waals surface area (Å²) >= 11 is 6.13. The van der Waals surface area contributed by atoms with E-state index in [9.17, 15) is 4.79 Å². The maximum absolute atomic E-state index is 12.0. The van der Waals surface area contributed by atoms with Crippen LogP contribution in [0.2, 0.25) is 5.02 Å². The zero-order chi connectivity index (χ0) is 15.2. The van der Waals surface area contributed by atoms with Crippen LogP contribution in [0.25, 0.3) is 0 Å². The molecule has 0 aliphatic heterocycles. The zero-order valence-corrected chi connectivity index (χ0v) is 12.6. The maximum atomic E-state index is 12.0. The van der Waals surface area contributed by atoms with Crippen molar-refractivity contribution < 1.29 is 14.3 Å². The van der Waals surface area contributed by atoms with Crippen LogP contribution in [0.1, 0.15) is 5.56 Å². The van der Waals surface area contributed by atoms with Gasteiger partial charge in [-0.25, -0.2) is 0 Å². The highest BCUT2D eigenvalue weighted by Gasteiger charge is 2.12. The molecule has 1 amide bonds. The summed E-state index contributed by atoms with van der Waals surface area (Å²) < 4.78 is 10.3. The van der Waals surface area contributed by atoms with Gasteiger partial charge in [0.2, 0.25) is 5.91 Å². The molecule has 0 aliphatic rings. The molecule has 0 saturated heterocycles. The van der Waals surface area contributed by atoms with E-state index in [0.29, 0.717) is 22.2 Å². The molecule has 0 aliphatic carbocycles. The van der Waals surface area contributed by atoms with Gasteiger partial charge in [0, 0.05) is 12.1 Å². The van der Waals surface area contributed by atoms with Gasteiger partial charge in [0.15, 0.2) is 11.5 Å². The highest BCUT2D eigenvalue weighted by molar-refractivity contribution is 6.34. The van der Waals surface area contributed by atoms with E-state index in [-0.39, 0.29) is 12.3 Å². The predicted molar refractivity (Wildman–Crippen MR) is 83.3 cm³/mol. The van der Waals surface area contributed by atoms with Gasteiger partial charge in [-0.05, 0) is 5.56 Å². The first kappa shape index (κ1) is 15.2. The smallest absolute Gasteiger partial charge is 0.228 e. The van der Waals surface area contributed by atoms with Crippen molar-refractivity contribution in [3.8, 4) is 11.5 Å². The lowest BCUT2D eigenvalue weighted by molar-refractivity contribution is -0.115. The van der Waals surface area contributed by atoms with Crippen molar-refractivity contribution in [2.75, 3.05) is 19.5 Å². The summed E-state index contributed by atoms with van der Waals surface area (Å²) in [6.07, 6.45) is 0.283. The van der Waals surface area contributed by atoms with E-state index in [1.54, 1.807) is 12.1 Å². The lowest BCUT2D eigenvalue weighted by atomic mass is 10.1. The van der Waals surface area contributed by atoms with Gasteiger partial charge in [-0.2, -0.15) is 0 Å². The number of anilines is 1. The van der Waals surface area contributed by atoms with Gasteiger partial charge in [-0.3, -0.25) is 4.79 Å². The van der Waals surface area contributed by atoms with E-state index in [4.69, 9.17) is 21.1 Å². The Morgan fingerprint density at radius 2 is 1.71 bits per heavy atom. The van der Waals surface area contributed by atoms with E-state index < -0.39 is 0 Å². The third-order valence-electron chi connectivity index (χ3n) is 2.95. The molecule has 110 valence electrons. The Bertz CT molecular complexity index is 629. The minimum absolute atomic E-state index is 0.143. The second kappa shape index (κ2) is 6.99. The number of benzene rings is 2. The summed E-state index contributed by atoms with van der Waals surface area (Å²) in [5.41, 5.74) is 1.43. The maximum Gasteiger partial charge on any atom is 0.228 e. The SMILES string of the molecule is COc1cc(Cl)c(NC(=O)Cc2ccccc2)cc1OC. The van der Waals surface area contributed by atoms with Gasteiger partial charge >= 0.3 is 0 Å². The van der Waals surface area contributed by atoms with Crippen molar-refractivity contribution in [2.24, 2.45) is 0 Å². The molecule has 0 unspecified atom stereocenters. The van der Waals surface area contributed by atoms with E-state index in [1.165, 1.54) is 14.2 Å². The van der Waals surface area contributed by atoms with Crippen LogP contribution in [0.15, 0.2) is 42.5 Å². The first-order valence-corrected chi connectivity index (χ1v) is 6.77. The van der Waals surface area contributed by atoms with Gasteiger partial charge in [0.05, 0.1) is 31.4 Å². The first-order chi connectivity index (χ1) is 10.1. The van der Waals surface area contributed by atoms with Crippen LogP contribution < -0.4 is 14.8 Å². The Kier molecular flexibility index (Phi) is 5.06.